The monoisotopic (exact) mass is 154 g/mol. The Hall–Kier alpha value is -0.500. The van der Waals surface area contributed by atoms with Gasteiger partial charge in [0.15, 0.2) is 0 Å². The van der Waals surface area contributed by atoms with E-state index in [4.69, 9.17) is 0 Å². The molecule has 0 aromatic carbocycles. The Balaban J connectivity index is 2.10. The van der Waals surface area contributed by atoms with Crippen molar-refractivity contribution in [3.63, 3.8) is 0 Å². The molecule has 11 heavy (non-hydrogen) atoms. The van der Waals surface area contributed by atoms with E-state index in [9.17, 15) is 0 Å². The van der Waals surface area contributed by atoms with Crippen LogP contribution in [0.15, 0.2) is 11.8 Å². The third-order valence-electron chi connectivity index (χ3n) is 1.54. The van der Waals surface area contributed by atoms with Crippen molar-refractivity contribution < 1.29 is 0 Å². The highest BCUT2D eigenvalue weighted by molar-refractivity contribution is 5.33. The molecule has 2 heteroatoms. The summed E-state index contributed by atoms with van der Waals surface area (Å²) in [6, 6.07) is 1.65. The van der Waals surface area contributed by atoms with E-state index in [0.29, 0.717) is 18.1 Å². The first-order chi connectivity index (χ1) is 5.09. The average molecular weight is 154 g/mol. The number of hydrogen-bond acceptors (Lipinski definition) is 2. The fraction of sp³-hybridized carbons (Fsp3) is 0.778. The molecule has 1 rings (SSSR count). The van der Waals surface area contributed by atoms with E-state index in [1.54, 1.807) is 0 Å². The van der Waals surface area contributed by atoms with Crippen LogP contribution in [0.1, 0.15) is 27.7 Å². The lowest BCUT2D eigenvalue weighted by atomic mass is 10.3. The molecule has 0 amide bonds. The molecule has 0 spiro atoms. The van der Waals surface area contributed by atoms with Crippen LogP contribution in [0.25, 0.3) is 0 Å². The predicted octanol–water partition coefficient (Wildman–Crippen LogP) is 1.25. The standard InChI is InChI=1S/C9H18N2/c1-6(2)10-8-5-9(8)11-7(3)4/h5-8,10-11H,1-4H3. The van der Waals surface area contributed by atoms with Crippen molar-refractivity contribution in [2.75, 3.05) is 0 Å². The maximum Gasteiger partial charge on any atom is 0.0675 e. The van der Waals surface area contributed by atoms with Gasteiger partial charge in [0.25, 0.3) is 0 Å². The first-order valence-electron chi connectivity index (χ1n) is 4.34. The lowest BCUT2D eigenvalue weighted by Crippen LogP contribution is -2.31. The normalized spacial score (nSPS) is 22.4. The Morgan fingerprint density at radius 3 is 2.27 bits per heavy atom. The second-order valence-electron chi connectivity index (χ2n) is 3.72. The van der Waals surface area contributed by atoms with Crippen molar-refractivity contribution in [1.29, 1.82) is 0 Å². The quantitative estimate of drug-likeness (QED) is 0.637. The van der Waals surface area contributed by atoms with Crippen molar-refractivity contribution in [1.82, 2.24) is 10.6 Å². The maximum atomic E-state index is 3.42. The van der Waals surface area contributed by atoms with E-state index in [-0.39, 0.29) is 0 Å². The van der Waals surface area contributed by atoms with Gasteiger partial charge in [-0.3, -0.25) is 0 Å². The average Bonchev–Trinajstić information content (AvgIpc) is 2.43. The van der Waals surface area contributed by atoms with Crippen molar-refractivity contribution >= 4 is 0 Å². The summed E-state index contributed by atoms with van der Waals surface area (Å²) in [6.07, 6.45) is 2.22. The van der Waals surface area contributed by atoms with Crippen molar-refractivity contribution in [2.24, 2.45) is 0 Å². The van der Waals surface area contributed by atoms with Gasteiger partial charge in [-0.2, -0.15) is 0 Å². The molecule has 1 atom stereocenters. The van der Waals surface area contributed by atoms with Gasteiger partial charge in [-0.25, -0.2) is 0 Å². The van der Waals surface area contributed by atoms with Crippen LogP contribution in [0.4, 0.5) is 0 Å². The molecule has 2 N–H and O–H groups in total. The maximum absolute atomic E-state index is 3.42. The summed E-state index contributed by atoms with van der Waals surface area (Å²) in [4.78, 5) is 0. The summed E-state index contributed by atoms with van der Waals surface area (Å²) < 4.78 is 0. The molecule has 0 heterocycles. The van der Waals surface area contributed by atoms with Crippen LogP contribution in [-0.2, 0) is 0 Å². The van der Waals surface area contributed by atoms with E-state index in [2.05, 4.69) is 44.4 Å². The highest BCUT2D eigenvalue weighted by Gasteiger charge is 2.24. The van der Waals surface area contributed by atoms with Gasteiger partial charge in [0.2, 0.25) is 0 Å². The van der Waals surface area contributed by atoms with E-state index < -0.39 is 0 Å². The minimum Gasteiger partial charge on any atom is -0.385 e. The van der Waals surface area contributed by atoms with Gasteiger partial charge in [-0.15, -0.1) is 0 Å². The number of rotatable bonds is 4. The summed E-state index contributed by atoms with van der Waals surface area (Å²) in [5, 5.41) is 6.79. The van der Waals surface area contributed by atoms with E-state index in [1.807, 2.05) is 0 Å². The van der Waals surface area contributed by atoms with Crippen molar-refractivity contribution in [3.05, 3.63) is 11.8 Å². The molecule has 0 saturated heterocycles. The van der Waals surface area contributed by atoms with Crippen molar-refractivity contribution in [3.8, 4) is 0 Å². The van der Waals surface area contributed by atoms with Gasteiger partial charge in [0.1, 0.15) is 0 Å². The smallest absolute Gasteiger partial charge is 0.0675 e. The molecule has 1 unspecified atom stereocenters. The predicted molar refractivity (Wildman–Crippen MR) is 48.4 cm³/mol. The van der Waals surface area contributed by atoms with Gasteiger partial charge in [-0.1, -0.05) is 0 Å². The first-order valence-corrected chi connectivity index (χ1v) is 4.34. The summed E-state index contributed by atoms with van der Waals surface area (Å²) in [6.45, 7) is 8.65. The largest absolute Gasteiger partial charge is 0.385 e. The molecule has 0 bridgehead atoms. The Morgan fingerprint density at radius 2 is 1.82 bits per heavy atom. The lowest BCUT2D eigenvalue weighted by molar-refractivity contribution is 0.571. The van der Waals surface area contributed by atoms with Gasteiger partial charge in [0, 0.05) is 17.8 Å². The summed E-state index contributed by atoms with van der Waals surface area (Å²) >= 11 is 0. The van der Waals surface area contributed by atoms with E-state index >= 15 is 0 Å². The molecular weight excluding hydrogens is 136 g/mol. The molecule has 1 aliphatic rings. The van der Waals surface area contributed by atoms with Gasteiger partial charge >= 0.3 is 0 Å². The molecule has 0 saturated carbocycles. The Morgan fingerprint density at radius 1 is 1.18 bits per heavy atom. The minimum absolute atomic E-state index is 0.525. The van der Waals surface area contributed by atoms with Crippen LogP contribution >= 0.6 is 0 Å². The molecule has 0 fully saturated rings. The molecule has 64 valence electrons. The third kappa shape index (κ3) is 2.93. The third-order valence-corrected chi connectivity index (χ3v) is 1.54. The first kappa shape index (κ1) is 8.60. The zero-order valence-corrected chi connectivity index (χ0v) is 7.81. The zero-order chi connectivity index (χ0) is 8.43. The highest BCUT2D eigenvalue weighted by atomic mass is 15.1. The molecule has 0 aliphatic heterocycles. The van der Waals surface area contributed by atoms with Crippen LogP contribution in [-0.4, -0.2) is 18.1 Å². The lowest BCUT2D eigenvalue weighted by Gasteiger charge is -2.10. The molecule has 0 aromatic heterocycles. The van der Waals surface area contributed by atoms with Crippen LogP contribution in [0.2, 0.25) is 0 Å². The second-order valence-corrected chi connectivity index (χ2v) is 3.72. The SMILES string of the molecule is CC(C)NC1=CC1NC(C)C. The van der Waals surface area contributed by atoms with Crippen LogP contribution < -0.4 is 10.6 Å². The van der Waals surface area contributed by atoms with E-state index in [0.717, 1.165) is 0 Å². The molecule has 1 aliphatic carbocycles. The fourth-order valence-corrected chi connectivity index (χ4v) is 1.10. The van der Waals surface area contributed by atoms with E-state index in [1.165, 1.54) is 5.70 Å². The minimum atomic E-state index is 0.525. The van der Waals surface area contributed by atoms with Crippen LogP contribution in [0, 0.1) is 0 Å². The molecule has 2 nitrogen and oxygen atoms in total. The highest BCUT2D eigenvalue weighted by Crippen LogP contribution is 2.17. The molecule has 0 radical (unpaired) electrons. The fourth-order valence-electron chi connectivity index (χ4n) is 1.10. The number of hydrogen-bond donors (Lipinski definition) is 2. The van der Waals surface area contributed by atoms with Gasteiger partial charge in [-0.05, 0) is 33.8 Å². The molecular formula is C9H18N2. The van der Waals surface area contributed by atoms with Crippen molar-refractivity contribution in [2.45, 2.75) is 45.8 Å². The zero-order valence-electron chi connectivity index (χ0n) is 7.81. The van der Waals surface area contributed by atoms with Gasteiger partial charge in [0.05, 0.1) is 6.04 Å². The summed E-state index contributed by atoms with van der Waals surface area (Å²) in [5.41, 5.74) is 1.36. The number of nitrogens with one attached hydrogen (secondary N) is 2. The summed E-state index contributed by atoms with van der Waals surface area (Å²) in [5.74, 6) is 0. The Bertz CT molecular complexity index is 159. The van der Waals surface area contributed by atoms with Crippen LogP contribution in [0.3, 0.4) is 0 Å². The van der Waals surface area contributed by atoms with Gasteiger partial charge < -0.3 is 10.6 Å². The topological polar surface area (TPSA) is 24.1 Å². The summed E-state index contributed by atoms with van der Waals surface area (Å²) in [7, 11) is 0. The molecule has 0 aromatic rings. The Kier molecular flexibility index (Phi) is 2.55. The van der Waals surface area contributed by atoms with Crippen LogP contribution in [0.5, 0.6) is 0 Å². The Labute approximate surface area is 69.1 Å². The second kappa shape index (κ2) is 3.26.